The highest BCUT2D eigenvalue weighted by Crippen LogP contribution is 2.63. The summed E-state index contributed by atoms with van der Waals surface area (Å²) in [6, 6.07) is 27.4. The Morgan fingerprint density at radius 1 is 0.696 bits per heavy atom. The zero-order chi connectivity index (χ0) is 16.1. The van der Waals surface area contributed by atoms with Crippen LogP contribution >= 0.6 is 10.3 Å². The highest BCUT2D eigenvalue weighted by Gasteiger charge is 2.39. The molecule has 0 amide bonds. The third-order valence-electron chi connectivity index (χ3n) is 3.36. The lowest BCUT2D eigenvalue weighted by Crippen LogP contribution is -2.17. The first-order valence-corrected chi connectivity index (χ1v) is 8.70. The van der Waals surface area contributed by atoms with Gasteiger partial charge >= 0.3 is 5.30 Å². The number of benzene rings is 3. The maximum absolute atomic E-state index is 12.3. The van der Waals surface area contributed by atoms with Crippen molar-refractivity contribution in [1.29, 1.82) is 0 Å². The van der Waals surface area contributed by atoms with E-state index >= 15 is 0 Å². The molecule has 3 aromatic rings. The third-order valence-corrected chi connectivity index (χ3v) is 6.17. The van der Waals surface area contributed by atoms with E-state index in [0.29, 0.717) is 15.5 Å². The van der Waals surface area contributed by atoms with E-state index in [1.165, 1.54) is 0 Å². The number of hydrogen-bond acceptors (Lipinski definition) is 2. The lowest BCUT2D eigenvalue weighted by molar-refractivity contribution is 0.219. The van der Waals surface area contributed by atoms with E-state index < -0.39 is 15.6 Å². The first kappa shape index (κ1) is 15.2. The smallest absolute Gasteiger partial charge is 0.388 e. The Bertz CT molecular complexity index is 734. The lowest BCUT2D eigenvalue weighted by atomic mass is 10.3. The highest BCUT2D eigenvalue weighted by atomic mass is 32.3. The average Bonchev–Trinajstić information content (AvgIpc) is 2.62. The van der Waals surface area contributed by atoms with Crippen LogP contribution in [0.15, 0.2) is 101 Å². The Morgan fingerprint density at radius 2 is 1.09 bits per heavy atom. The molecule has 0 spiro atoms. The van der Waals surface area contributed by atoms with Gasteiger partial charge in [-0.3, -0.25) is 0 Å². The number of rotatable bonds is 4. The van der Waals surface area contributed by atoms with E-state index in [4.69, 9.17) is 4.18 Å². The summed E-state index contributed by atoms with van der Waals surface area (Å²) in [5.41, 5.74) is 0. The second-order valence-electron chi connectivity index (χ2n) is 4.84. The summed E-state index contributed by atoms with van der Waals surface area (Å²) in [4.78, 5) is 13.6. The van der Waals surface area contributed by atoms with Crippen molar-refractivity contribution < 1.29 is 14.1 Å². The van der Waals surface area contributed by atoms with Gasteiger partial charge in [0.2, 0.25) is 0 Å². The normalized spacial score (nSPS) is 11.7. The van der Waals surface area contributed by atoms with Crippen molar-refractivity contribution >= 4 is 15.6 Å². The van der Waals surface area contributed by atoms with Crippen LogP contribution in [0.25, 0.3) is 0 Å². The molecule has 1 N–H and O–H groups in total. The summed E-state index contributed by atoms with van der Waals surface area (Å²) in [6.07, 6.45) is 0. The van der Waals surface area contributed by atoms with Gasteiger partial charge in [0.25, 0.3) is 0 Å². The van der Waals surface area contributed by atoms with Gasteiger partial charge in [-0.25, -0.2) is 4.79 Å². The Labute approximate surface area is 136 Å². The van der Waals surface area contributed by atoms with Gasteiger partial charge in [-0.05, 0) is 36.4 Å². The molecule has 3 rings (SSSR count). The minimum Gasteiger partial charge on any atom is -0.472 e. The molecule has 4 heteroatoms. The molecule has 0 saturated heterocycles. The SMILES string of the molecule is O=C(O)S(Oc1ccccc1)(c1ccccc1)c1ccccc1. The van der Waals surface area contributed by atoms with E-state index in [1.54, 1.807) is 36.4 Å². The van der Waals surface area contributed by atoms with Crippen LogP contribution in [0.1, 0.15) is 0 Å². The van der Waals surface area contributed by atoms with Crippen LogP contribution in [0, 0.1) is 0 Å². The van der Waals surface area contributed by atoms with Gasteiger partial charge in [0.05, 0.1) is 10.3 Å². The van der Waals surface area contributed by atoms with Crippen LogP contribution in [0.4, 0.5) is 4.79 Å². The Balaban J connectivity index is 2.21. The van der Waals surface area contributed by atoms with Crippen molar-refractivity contribution in [2.75, 3.05) is 0 Å². The van der Waals surface area contributed by atoms with Gasteiger partial charge in [-0.1, -0.05) is 54.6 Å². The molecule has 0 fully saturated rings. The Hall–Kier alpha value is -2.72. The Morgan fingerprint density at radius 3 is 1.48 bits per heavy atom. The van der Waals surface area contributed by atoms with Crippen molar-refractivity contribution in [3.8, 4) is 5.75 Å². The van der Waals surface area contributed by atoms with Crippen LogP contribution < -0.4 is 4.18 Å². The minimum absolute atomic E-state index is 0.539. The molecule has 0 aliphatic rings. The summed E-state index contributed by atoms with van der Waals surface area (Å²) in [7, 11) is -2.71. The van der Waals surface area contributed by atoms with Gasteiger partial charge in [-0.2, -0.15) is 0 Å². The summed E-state index contributed by atoms with van der Waals surface area (Å²) in [5, 5.41) is 9.13. The minimum atomic E-state index is -2.71. The largest absolute Gasteiger partial charge is 0.472 e. The fourth-order valence-electron chi connectivity index (χ4n) is 2.31. The quantitative estimate of drug-likeness (QED) is 0.681. The van der Waals surface area contributed by atoms with Crippen molar-refractivity contribution in [2.45, 2.75) is 9.79 Å². The van der Waals surface area contributed by atoms with Crippen LogP contribution in [-0.2, 0) is 0 Å². The average molecular weight is 324 g/mol. The van der Waals surface area contributed by atoms with E-state index in [-0.39, 0.29) is 0 Å². The zero-order valence-electron chi connectivity index (χ0n) is 12.3. The van der Waals surface area contributed by atoms with E-state index in [2.05, 4.69) is 0 Å². The summed E-state index contributed by atoms with van der Waals surface area (Å²) >= 11 is 0. The van der Waals surface area contributed by atoms with Crippen LogP contribution in [0.2, 0.25) is 0 Å². The molecule has 0 aliphatic carbocycles. The molecule has 0 atom stereocenters. The van der Waals surface area contributed by atoms with Gasteiger partial charge in [-0.15, -0.1) is 0 Å². The van der Waals surface area contributed by atoms with Crippen LogP contribution in [-0.4, -0.2) is 10.4 Å². The lowest BCUT2D eigenvalue weighted by Gasteiger charge is -2.35. The zero-order valence-corrected chi connectivity index (χ0v) is 13.1. The Kier molecular flexibility index (Phi) is 4.35. The molecule has 0 aliphatic heterocycles. The number of carbonyl (C=O) groups is 1. The third kappa shape index (κ3) is 2.94. The number of para-hydroxylation sites is 1. The monoisotopic (exact) mass is 324 g/mol. The maximum Gasteiger partial charge on any atom is 0.388 e. The van der Waals surface area contributed by atoms with E-state index in [1.807, 2.05) is 54.6 Å². The molecule has 0 aromatic heterocycles. The van der Waals surface area contributed by atoms with Crippen molar-refractivity contribution in [1.82, 2.24) is 0 Å². The predicted molar refractivity (Wildman–Crippen MR) is 92.1 cm³/mol. The summed E-state index contributed by atoms with van der Waals surface area (Å²) in [6.45, 7) is 0. The highest BCUT2D eigenvalue weighted by molar-refractivity contribution is 8.41. The molecule has 0 radical (unpaired) electrons. The number of hydrogen-bond donors (Lipinski definition) is 1. The topological polar surface area (TPSA) is 46.5 Å². The molecule has 0 saturated carbocycles. The molecule has 23 heavy (non-hydrogen) atoms. The second-order valence-corrected chi connectivity index (χ2v) is 7.42. The first-order chi connectivity index (χ1) is 11.2. The van der Waals surface area contributed by atoms with Gasteiger partial charge < -0.3 is 9.29 Å². The van der Waals surface area contributed by atoms with Crippen molar-refractivity contribution in [3.63, 3.8) is 0 Å². The molecule has 116 valence electrons. The second kappa shape index (κ2) is 6.58. The fourth-order valence-corrected chi connectivity index (χ4v) is 4.73. The summed E-state index contributed by atoms with van der Waals surface area (Å²) < 4.78 is 6.12. The van der Waals surface area contributed by atoms with Gasteiger partial charge in [0.1, 0.15) is 5.75 Å². The van der Waals surface area contributed by atoms with Gasteiger partial charge in [0, 0.05) is 9.79 Å². The van der Waals surface area contributed by atoms with E-state index in [9.17, 15) is 9.90 Å². The fraction of sp³-hybridized carbons (Fsp3) is 0. The standard InChI is InChI=1S/C19H16O3S/c20-19(21)23(17-12-6-2-7-13-17,18-14-8-3-9-15-18)22-16-10-4-1-5-11-16/h1-15H,(H,20,21). The van der Waals surface area contributed by atoms with Gasteiger partial charge in [0.15, 0.2) is 0 Å². The molecule has 3 nitrogen and oxygen atoms in total. The first-order valence-electron chi connectivity index (χ1n) is 7.14. The van der Waals surface area contributed by atoms with Crippen molar-refractivity contribution in [2.24, 2.45) is 0 Å². The molecular weight excluding hydrogens is 308 g/mol. The number of carboxylic acid groups (broad SMARTS) is 1. The van der Waals surface area contributed by atoms with Crippen LogP contribution in [0.5, 0.6) is 5.75 Å². The molecule has 0 unspecified atom stereocenters. The predicted octanol–water partition coefficient (Wildman–Crippen LogP) is 5.58. The van der Waals surface area contributed by atoms with E-state index in [0.717, 1.165) is 0 Å². The molecular formula is C19H16O3S. The van der Waals surface area contributed by atoms with Crippen molar-refractivity contribution in [3.05, 3.63) is 91.0 Å². The molecule has 3 aromatic carbocycles. The molecule has 0 bridgehead atoms. The maximum atomic E-state index is 12.3. The van der Waals surface area contributed by atoms with Crippen LogP contribution in [0.3, 0.4) is 0 Å². The summed E-state index contributed by atoms with van der Waals surface area (Å²) in [5.74, 6) is 0.539. The molecule has 0 heterocycles.